The van der Waals surface area contributed by atoms with Crippen LogP contribution in [0.1, 0.15) is 47.8 Å². The lowest BCUT2D eigenvalue weighted by atomic mass is 10.1. The molecule has 3 heterocycles. The summed E-state index contributed by atoms with van der Waals surface area (Å²) in [5, 5.41) is -0.117. The number of nitrogen functional groups attached to an aromatic ring is 1. The fourth-order valence-corrected chi connectivity index (χ4v) is 6.25. The molecule has 1 fully saturated rings. The third-order valence-electron chi connectivity index (χ3n) is 7.98. The van der Waals surface area contributed by atoms with Gasteiger partial charge in [-0.1, -0.05) is 48.1 Å². The highest BCUT2D eigenvalue weighted by Crippen LogP contribution is 2.46. The number of nitrogens with zero attached hydrogens (tertiary/aromatic N) is 4. The van der Waals surface area contributed by atoms with Gasteiger partial charge in [0.1, 0.15) is 36.8 Å². The number of hydrogen-bond donors (Lipinski definition) is 1. The Morgan fingerprint density at radius 1 is 1.05 bits per heavy atom. The molecule has 0 aromatic carbocycles. The SMILES string of the molecule is C=CC(=O)OC[C@H]1O[C@@H](n2cnc3c(N)ncnc32)[C@H](O[Si](C)(C)C(C)(C)C)[C@@H]1O[Si](C)(C)C(C)(C)C. The Hall–Kier alpha value is -2.13. The number of aromatic nitrogens is 4. The average Bonchev–Trinajstić information content (AvgIpc) is 3.32. The highest BCUT2D eigenvalue weighted by molar-refractivity contribution is 6.74. The van der Waals surface area contributed by atoms with Crippen LogP contribution in [0.3, 0.4) is 0 Å². The van der Waals surface area contributed by atoms with Crippen molar-refractivity contribution < 1.29 is 23.1 Å². The van der Waals surface area contributed by atoms with Crippen molar-refractivity contribution in [1.29, 1.82) is 0 Å². The molecule has 0 radical (unpaired) electrons. The quantitative estimate of drug-likeness (QED) is 0.280. The Morgan fingerprint density at radius 2 is 1.62 bits per heavy atom. The number of ether oxygens (including phenoxy) is 2. The van der Waals surface area contributed by atoms with Gasteiger partial charge in [0.15, 0.2) is 34.3 Å². The summed E-state index contributed by atoms with van der Waals surface area (Å²) in [6.07, 6.45) is 1.99. The third-order valence-corrected chi connectivity index (χ3v) is 16.9. The fraction of sp³-hybridized carbons (Fsp3) is 0.680. The van der Waals surface area contributed by atoms with Crippen LogP contribution in [-0.4, -0.2) is 67.0 Å². The number of carbonyl (C=O) groups excluding carboxylic acids is 1. The van der Waals surface area contributed by atoms with Crippen molar-refractivity contribution in [3.63, 3.8) is 0 Å². The van der Waals surface area contributed by atoms with E-state index in [0.29, 0.717) is 11.2 Å². The summed E-state index contributed by atoms with van der Waals surface area (Å²) in [6.45, 7) is 25.4. The van der Waals surface area contributed by atoms with Gasteiger partial charge in [0, 0.05) is 6.08 Å². The van der Waals surface area contributed by atoms with Gasteiger partial charge in [0.2, 0.25) is 0 Å². The number of rotatable bonds is 8. The maximum Gasteiger partial charge on any atom is 0.330 e. The summed E-state index contributed by atoms with van der Waals surface area (Å²) >= 11 is 0. The van der Waals surface area contributed by atoms with Crippen molar-refractivity contribution in [2.75, 3.05) is 12.3 Å². The van der Waals surface area contributed by atoms with Crippen LogP contribution in [-0.2, 0) is 23.1 Å². The molecule has 0 unspecified atom stereocenters. The first-order valence-electron chi connectivity index (χ1n) is 12.6. The van der Waals surface area contributed by atoms with Crippen molar-refractivity contribution in [3.8, 4) is 0 Å². The molecule has 1 aliphatic rings. The Labute approximate surface area is 222 Å². The van der Waals surface area contributed by atoms with Crippen molar-refractivity contribution in [3.05, 3.63) is 25.3 Å². The highest BCUT2D eigenvalue weighted by Gasteiger charge is 2.54. The van der Waals surface area contributed by atoms with E-state index in [4.69, 9.17) is 24.1 Å². The molecule has 0 spiro atoms. The molecule has 2 aromatic heterocycles. The van der Waals surface area contributed by atoms with E-state index < -0.39 is 47.1 Å². The van der Waals surface area contributed by atoms with Crippen molar-refractivity contribution in [2.45, 2.75) is 102 Å². The van der Waals surface area contributed by atoms with Gasteiger partial charge in [-0.3, -0.25) is 4.57 Å². The number of anilines is 1. The van der Waals surface area contributed by atoms with Crippen molar-refractivity contribution >= 4 is 39.6 Å². The minimum Gasteiger partial charge on any atom is -0.460 e. The van der Waals surface area contributed by atoms with Crippen LogP contribution < -0.4 is 5.73 Å². The van der Waals surface area contributed by atoms with Crippen LogP contribution in [0.15, 0.2) is 25.3 Å². The zero-order chi connectivity index (χ0) is 28.0. The van der Waals surface area contributed by atoms with Gasteiger partial charge in [-0.25, -0.2) is 19.7 Å². The maximum absolute atomic E-state index is 12.0. The van der Waals surface area contributed by atoms with Crippen LogP contribution >= 0.6 is 0 Å². The Kier molecular flexibility index (Phi) is 8.12. The number of esters is 1. The van der Waals surface area contributed by atoms with Crippen LogP contribution in [0.2, 0.25) is 36.3 Å². The molecule has 0 aliphatic carbocycles. The normalized spacial score (nSPS) is 23.4. The zero-order valence-corrected chi connectivity index (χ0v) is 25.9. The predicted octanol–water partition coefficient (Wildman–Crippen LogP) is 4.82. The van der Waals surface area contributed by atoms with Gasteiger partial charge in [0.25, 0.3) is 0 Å². The predicted molar refractivity (Wildman–Crippen MR) is 149 cm³/mol. The van der Waals surface area contributed by atoms with E-state index in [2.05, 4.69) is 89.3 Å². The van der Waals surface area contributed by atoms with Gasteiger partial charge < -0.3 is 24.1 Å². The van der Waals surface area contributed by atoms with Crippen LogP contribution in [0.5, 0.6) is 0 Å². The molecule has 37 heavy (non-hydrogen) atoms. The van der Waals surface area contributed by atoms with Gasteiger partial charge in [-0.15, -0.1) is 0 Å². The first-order valence-corrected chi connectivity index (χ1v) is 18.4. The lowest BCUT2D eigenvalue weighted by Gasteiger charge is -2.44. The summed E-state index contributed by atoms with van der Waals surface area (Å²) in [7, 11) is -4.60. The summed E-state index contributed by atoms with van der Waals surface area (Å²) in [6, 6.07) is 0. The van der Waals surface area contributed by atoms with Gasteiger partial charge in [-0.05, 0) is 36.3 Å². The Balaban J connectivity index is 2.13. The second-order valence-corrected chi connectivity index (χ2v) is 22.2. The van der Waals surface area contributed by atoms with Crippen molar-refractivity contribution in [2.24, 2.45) is 0 Å². The molecular formula is C25H43N5O5Si2. The molecule has 12 heteroatoms. The van der Waals surface area contributed by atoms with Gasteiger partial charge in [-0.2, -0.15) is 0 Å². The first-order chi connectivity index (χ1) is 16.9. The van der Waals surface area contributed by atoms with Gasteiger partial charge >= 0.3 is 5.97 Å². The molecule has 0 saturated carbocycles. The van der Waals surface area contributed by atoms with Gasteiger partial charge in [0.05, 0.1) is 6.33 Å². The first kappa shape index (κ1) is 29.4. The summed E-state index contributed by atoms with van der Waals surface area (Å²) in [4.78, 5) is 24.9. The molecular weight excluding hydrogens is 506 g/mol. The molecule has 2 aromatic rings. The number of hydrogen-bond acceptors (Lipinski definition) is 9. The molecule has 206 valence electrons. The van der Waals surface area contributed by atoms with Crippen LogP contribution in [0, 0.1) is 0 Å². The minimum absolute atomic E-state index is 0.00174. The van der Waals surface area contributed by atoms with E-state index >= 15 is 0 Å². The van der Waals surface area contributed by atoms with E-state index in [-0.39, 0.29) is 22.5 Å². The topological polar surface area (TPSA) is 124 Å². The Bertz CT molecular complexity index is 1140. The fourth-order valence-electron chi connectivity index (χ4n) is 3.65. The maximum atomic E-state index is 12.0. The minimum atomic E-state index is -2.31. The average molecular weight is 550 g/mol. The molecule has 4 atom stereocenters. The molecule has 10 nitrogen and oxygen atoms in total. The smallest absolute Gasteiger partial charge is 0.330 e. The zero-order valence-electron chi connectivity index (χ0n) is 23.9. The standard InChI is InChI=1S/C25H43N5O5Si2/c1-12-17(31)32-13-16-19(34-36(8,9)24(2,3)4)20(35-37(10,11)25(5,6)7)23(33-16)30-15-29-18-21(26)27-14-28-22(18)30/h12,14-16,19-20,23H,1,13H2,2-11H3,(H2,26,27,28)/t16-,19-,20-,23-/m1/s1. The van der Waals surface area contributed by atoms with E-state index in [1.807, 2.05) is 4.57 Å². The largest absolute Gasteiger partial charge is 0.460 e. The van der Waals surface area contributed by atoms with Crippen LogP contribution in [0.4, 0.5) is 5.82 Å². The van der Waals surface area contributed by atoms with E-state index in [9.17, 15) is 4.79 Å². The van der Waals surface area contributed by atoms with E-state index in [1.54, 1.807) is 6.33 Å². The molecule has 1 aliphatic heterocycles. The van der Waals surface area contributed by atoms with Crippen molar-refractivity contribution in [1.82, 2.24) is 19.5 Å². The molecule has 0 bridgehead atoms. The lowest BCUT2D eigenvalue weighted by Crippen LogP contribution is -2.54. The number of nitrogens with two attached hydrogens (primary N) is 1. The number of imidazole rings is 1. The number of carbonyl (C=O) groups is 1. The summed E-state index contributed by atoms with van der Waals surface area (Å²) in [5.74, 6) is -0.234. The Morgan fingerprint density at radius 3 is 2.16 bits per heavy atom. The molecule has 2 N–H and O–H groups in total. The summed E-state index contributed by atoms with van der Waals surface area (Å²) < 4.78 is 27.9. The third kappa shape index (κ3) is 5.98. The van der Waals surface area contributed by atoms with E-state index in [0.717, 1.165) is 6.08 Å². The second-order valence-electron chi connectivity index (χ2n) is 12.7. The molecule has 1 saturated heterocycles. The van der Waals surface area contributed by atoms with E-state index in [1.165, 1.54) is 6.33 Å². The monoisotopic (exact) mass is 549 g/mol. The number of fused-ring (bicyclic) bond motifs is 1. The summed E-state index contributed by atoms with van der Waals surface area (Å²) in [5.41, 5.74) is 7.09. The molecule has 0 amide bonds. The molecule has 3 rings (SSSR count). The second kappa shape index (κ2) is 10.2. The van der Waals surface area contributed by atoms with Crippen LogP contribution in [0.25, 0.3) is 11.2 Å². The highest BCUT2D eigenvalue weighted by atomic mass is 28.4. The lowest BCUT2D eigenvalue weighted by molar-refractivity contribution is -0.144.